The Morgan fingerprint density at radius 3 is 1.96 bits per heavy atom. The van der Waals surface area contributed by atoms with E-state index in [1.54, 1.807) is 12.1 Å². The number of alkyl halides is 3. The van der Waals surface area contributed by atoms with E-state index in [1.165, 1.54) is 17.0 Å². The largest absolute Gasteiger partial charge is 0.544 e. The maximum atomic E-state index is 13.5. The Kier molecular flexibility index (Phi) is 9.10. The van der Waals surface area contributed by atoms with Crippen LogP contribution in [0.25, 0.3) is 0 Å². The molecule has 3 nitrogen and oxygen atoms in total. The predicted octanol–water partition coefficient (Wildman–Crippen LogP) is 4.25. The molecule has 1 heterocycles. The zero-order valence-electron chi connectivity index (χ0n) is 14.0. The Labute approximate surface area is 154 Å². The highest BCUT2D eigenvalue weighted by Gasteiger charge is 2.44. The summed E-state index contributed by atoms with van der Waals surface area (Å²) in [4.78, 5) is 1.49. The van der Waals surface area contributed by atoms with Gasteiger partial charge in [0.05, 0.1) is 0 Å². The van der Waals surface area contributed by atoms with Gasteiger partial charge in [-0.3, -0.25) is 4.90 Å². The lowest BCUT2D eigenvalue weighted by Gasteiger charge is -2.36. The van der Waals surface area contributed by atoms with Crippen molar-refractivity contribution in [2.24, 2.45) is 0 Å². The second kappa shape index (κ2) is 9.29. The first-order valence-electron chi connectivity index (χ1n) is 7.47. The third kappa shape index (κ3) is 6.80. The molecule has 1 aliphatic rings. The molecule has 0 aromatic heterocycles. The monoisotopic (exact) mass is 404 g/mol. The molecule has 0 saturated carbocycles. The molecule has 1 N–H and O–H groups in total. The molecule has 0 radical (unpaired) electrons. The van der Waals surface area contributed by atoms with Gasteiger partial charge < -0.3 is 9.74 Å². The predicted molar refractivity (Wildman–Crippen MR) is 98.2 cm³/mol. The summed E-state index contributed by atoms with van der Waals surface area (Å²) in [5.41, 5.74) is 0.275. The van der Waals surface area contributed by atoms with Crippen LogP contribution in [0, 0.1) is 0 Å². The number of halogens is 5. The van der Waals surface area contributed by atoms with Crippen molar-refractivity contribution in [3.05, 3.63) is 29.8 Å². The van der Waals surface area contributed by atoms with Crippen LogP contribution < -0.4 is 9.74 Å². The minimum atomic E-state index is -4.28. The maximum Gasteiger partial charge on any atom is 0.408 e. The van der Waals surface area contributed by atoms with Gasteiger partial charge in [-0.05, 0) is 37.3 Å². The summed E-state index contributed by atoms with van der Waals surface area (Å²) >= 11 is 0. The van der Waals surface area contributed by atoms with E-state index in [2.05, 4.69) is 5.32 Å². The van der Waals surface area contributed by atoms with E-state index in [1.807, 2.05) is 19.6 Å². The number of hydrogen-bond acceptors (Lipinski definition) is 3. The van der Waals surface area contributed by atoms with E-state index in [0.29, 0.717) is 31.9 Å². The Morgan fingerprint density at radius 2 is 1.54 bits per heavy atom. The SMILES string of the molecule is C[Si](C)(C)Oc1ccc([C@H](N2CCNCC2)C(F)(F)F)cc1.Cl.Cl. The van der Waals surface area contributed by atoms with E-state index in [0.717, 1.165) is 0 Å². The first-order chi connectivity index (χ1) is 10.2. The van der Waals surface area contributed by atoms with Crippen molar-refractivity contribution in [2.45, 2.75) is 31.9 Å². The summed E-state index contributed by atoms with van der Waals surface area (Å²) in [7, 11) is -1.75. The summed E-state index contributed by atoms with van der Waals surface area (Å²) in [6.07, 6.45) is -4.28. The molecule has 2 rings (SSSR count). The van der Waals surface area contributed by atoms with Crippen LogP contribution >= 0.6 is 24.8 Å². The molecule has 1 aromatic carbocycles. The van der Waals surface area contributed by atoms with Crippen molar-refractivity contribution in [2.75, 3.05) is 26.2 Å². The first-order valence-corrected chi connectivity index (χ1v) is 10.9. The van der Waals surface area contributed by atoms with Crippen molar-refractivity contribution in [1.29, 1.82) is 0 Å². The van der Waals surface area contributed by atoms with Crippen LogP contribution in [0.5, 0.6) is 5.75 Å². The molecular weight excluding hydrogens is 380 g/mol. The molecular formula is C15H25Cl2F3N2OSi. The summed E-state index contributed by atoms with van der Waals surface area (Å²) in [6.45, 7) is 8.10. The Morgan fingerprint density at radius 1 is 1.04 bits per heavy atom. The van der Waals surface area contributed by atoms with Gasteiger partial charge in [-0.1, -0.05) is 12.1 Å². The summed E-state index contributed by atoms with van der Waals surface area (Å²) in [5, 5.41) is 3.08. The summed E-state index contributed by atoms with van der Waals surface area (Å²) in [5.74, 6) is 0.643. The highest BCUT2D eigenvalue weighted by molar-refractivity contribution is 6.70. The molecule has 140 valence electrons. The van der Waals surface area contributed by atoms with Crippen molar-refractivity contribution in [3.8, 4) is 5.75 Å². The molecule has 1 aliphatic heterocycles. The van der Waals surface area contributed by atoms with Gasteiger partial charge in [-0.2, -0.15) is 13.2 Å². The Bertz CT molecular complexity index is 489. The van der Waals surface area contributed by atoms with Gasteiger partial charge >= 0.3 is 6.18 Å². The zero-order chi connectivity index (χ0) is 16.4. The topological polar surface area (TPSA) is 24.5 Å². The first kappa shape index (κ1) is 23.5. The van der Waals surface area contributed by atoms with Crippen LogP contribution in [-0.4, -0.2) is 45.6 Å². The lowest BCUT2D eigenvalue weighted by molar-refractivity contribution is -0.187. The van der Waals surface area contributed by atoms with Gasteiger partial charge in [-0.15, -0.1) is 24.8 Å². The number of piperazine rings is 1. The maximum absolute atomic E-state index is 13.5. The van der Waals surface area contributed by atoms with Gasteiger partial charge in [0, 0.05) is 26.2 Å². The van der Waals surface area contributed by atoms with Crippen molar-refractivity contribution in [1.82, 2.24) is 10.2 Å². The van der Waals surface area contributed by atoms with Crippen LogP contribution in [-0.2, 0) is 0 Å². The number of hydrogen-bond donors (Lipinski definition) is 1. The lowest BCUT2D eigenvalue weighted by Crippen LogP contribution is -2.49. The molecule has 24 heavy (non-hydrogen) atoms. The van der Waals surface area contributed by atoms with Crippen LogP contribution in [0.15, 0.2) is 24.3 Å². The molecule has 0 spiro atoms. The Hall–Kier alpha value is -0.473. The molecule has 0 bridgehead atoms. The molecule has 1 saturated heterocycles. The molecule has 1 fully saturated rings. The number of nitrogens with zero attached hydrogens (tertiary/aromatic N) is 1. The number of benzene rings is 1. The molecule has 0 unspecified atom stereocenters. The average Bonchev–Trinajstić information content (AvgIpc) is 2.39. The van der Waals surface area contributed by atoms with Crippen LogP contribution in [0.1, 0.15) is 11.6 Å². The van der Waals surface area contributed by atoms with Crippen molar-refractivity contribution in [3.63, 3.8) is 0 Å². The third-order valence-corrected chi connectivity index (χ3v) is 4.29. The fourth-order valence-corrected chi connectivity index (χ4v) is 3.46. The quantitative estimate of drug-likeness (QED) is 0.758. The lowest BCUT2D eigenvalue weighted by atomic mass is 10.0. The van der Waals surface area contributed by atoms with Gasteiger partial charge in [0.15, 0.2) is 0 Å². The van der Waals surface area contributed by atoms with Crippen LogP contribution in [0.3, 0.4) is 0 Å². The molecule has 1 atom stereocenters. The number of nitrogens with one attached hydrogen (secondary N) is 1. The highest BCUT2D eigenvalue weighted by atomic mass is 35.5. The van der Waals surface area contributed by atoms with Crippen LogP contribution in [0.4, 0.5) is 13.2 Å². The normalized spacial score (nSPS) is 17.4. The molecule has 9 heteroatoms. The van der Waals surface area contributed by atoms with Crippen molar-refractivity contribution < 1.29 is 17.6 Å². The fourth-order valence-electron chi connectivity index (χ4n) is 2.62. The summed E-state index contributed by atoms with van der Waals surface area (Å²) < 4.78 is 46.2. The van der Waals surface area contributed by atoms with Gasteiger partial charge in [0.25, 0.3) is 0 Å². The fraction of sp³-hybridized carbons (Fsp3) is 0.600. The third-order valence-electron chi connectivity index (χ3n) is 3.45. The van der Waals surface area contributed by atoms with Gasteiger partial charge in [0.1, 0.15) is 11.8 Å². The van der Waals surface area contributed by atoms with Gasteiger partial charge in [-0.25, -0.2) is 0 Å². The minimum absolute atomic E-state index is 0. The standard InChI is InChI=1S/C15H23F3N2OSi.2ClH/c1-22(2,3)21-13-6-4-12(5-7-13)14(15(16,17)18)20-10-8-19-9-11-20;;/h4-7,14,19H,8-11H2,1-3H3;2*1H/t14-;;/m0../s1. The van der Waals surface area contributed by atoms with Crippen LogP contribution in [0.2, 0.25) is 19.6 Å². The second-order valence-corrected chi connectivity index (χ2v) is 10.9. The second-order valence-electron chi connectivity index (χ2n) is 6.51. The van der Waals surface area contributed by atoms with Crippen molar-refractivity contribution >= 4 is 33.1 Å². The van der Waals surface area contributed by atoms with E-state index in [9.17, 15) is 13.2 Å². The highest BCUT2D eigenvalue weighted by Crippen LogP contribution is 2.38. The average molecular weight is 405 g/mol. The molecule has 0 amide bonds. The van der Waals surface area contributed by atoms with E-state index in [-0.39, 0.29) is 30.4 Å². The Balaban J connectivity index is 0.00000264. The smallest absolute Gasteiger partial charge is 0.408 e. The van der Waals surface area contributed by atoms with E-state index in [4.69, 9.17) is 4.43 Å². The van der Waals surface area contributed by atoms with E-state index < -0.39 is 20.5 Å². The minimum Gasteiger partial charge on any atom is -0.544 e. The zero-order valence-corrected chi connectivity index (χ0v) is 16.7. The van der Waals surface area contributed by atoms with E-state index >= 15 is 0 Å². The molecule has 0 aliphatic carbocycles. The summed E-state index contributed by atoms with van der Waals surface area (Å²) in [6, 6.07) is 4.82. The molecule has 1 aromatic rings. The number of rotatable bonds is 4. The van der Waals surface area contributed by atoms with Gasteiger partial charge in [0.2, 0.25) is 8.32 Å².